The number of fused-ring (bicyclic) bond motifs is 1. The number of rotatable bonds is 8. The highest BCUT2D eigenvalue weighted by atomic mass is 19.4. The number of benzene rings is 1. The Balaban J connectivity index is 1.81. The molecule has 0 saturated carbocycles. The minimum Gasteiger partial charge on any atom is -0.465 e. The molecule has 1 aromatic carbocycles. The fourth-order valence-electron chi connectivity index (χ4n) is 4.65. The van der Waals surface area contributed by atoms with Crippen LogP contribution in [-0.2, 0) is 31.8 Å². The number of nitrogens with one attached hydrogen (secondary N) is 1. The van der Waals surface area contributed by atoms with E-state index in [0.717, 1.165) is 12.1 Å². The number of ether oxygens (including phenoxy) is 1. The van der Waals surface area contributed by atoms with E-state index >= 15 is 0 Å². The number of allylic oxidation sites excluding steroid dienone is 1. The monoisotopic (exact) mass is 464 g/mol. The maximum absolute atomic E-state index is 13.3. The third-order valence-corrected chi connectivity index (χ3v) is 6.10. The molecule has 2 amide bonds. The zero-order valence-corrected chi connectivity index (χ0v) is 18.4. The second-order valence-electron chi connectivity index (χ2n) is 8.14. The average molecular weight is 464 g/mol. The van der Waals surface area contributed by atoms with Gasteiger partial charge >= 0.3 is 12.1 Å². The van der Waals surface area contributed by atoms with Crippen molar-refractivity contribution in [1.29, 1.82) is 0 Å². The topological polar surface area (TPSA) is 75.7 Å². The van der Waals surface area contributed by atoms with E-state index in [1.807, 2.05) is 6.08 Å². The minimum absolute atomic E-state index is 0.130. The molecular formula is C24H27F3N2O4. The zero-order chi connectivity index (χ0) is 24.2. The van der Waals surface area contributed by atoms with Crippen molar-refractivity contribution in [3.05, 3.63) is 59.8 Å². The van der Waals surface area contributed by atoms with Crippen molar-refractivity contribution in [2.45, 2.75) is 45.3 Å². The third kappa shape index (κ3) is 4.82. The number of alkyl halides is 3. The van der Waals surface area contributed by atoms with Crippen LogP contribution in [0.4, 0.5) is 13.2 Å². The molecule has 0 radical (unpaired) electrons. The van der Waals surface area contributed by atoms with Gasteiger partial charge in [0.05, 0.1) is 18.1 Å². The summed E-state index contributed by atoms with van der Waals surface area (Å²) in [5, 5.41) is 2.59. The molecule has 3 rings (SSSR count). The fourth-order valence-corrected chi connectivity index (χ4v) is 4.65. The molecule has 1 saturated heterocycles. The first-order valence-corrected chi connectivity index (χ1v) is 10.9. The summed E-state index contributed by atoms with van der Waals surface area (Å²) < 4.78 is 44.1. The molecule has 1 heterocycles. The number of hydrogen-bond donors (Lipinski definition) is 1. The maximum Gasteiger partial charge on any atom is 0.416 e. The van der Waals surface area contributed by atoms with Crippen LogP contribution < -0.4 is 5.32 Å². The van der Waals surface area contributed by atoms with E-state index in [9.17, 15) is 27.6 Å². The van der Waals surface area contributed by atoms with E-state index in [0.29, 0.717) is 25.0 Å². The lowest BCUT2D eigenvalue weighted by Gasteiger charge is -2.35. The Hall–Kier alpha value is -3.10. The van der Waals surface area contributed by atoms with Gasteiger partial charge in [0.25, 0.3) is 0 Å². The quantitative estimate of drug-likeness (QED) is 0.467. The van der Waals surface area contributed by atoms with Crippen LogP contribution in [0.5, 0.6) is 0 Å². The zero-order valence-electron chi connectivity index (χ0n) is 18.4. The molecule has 0 spiro atoms. The molecule has 1 aliphatic heterocycles. The van der Waals surface area contributed by atoms with Crippen molar-refractivity contribution in [3.63, 3.8) is 0 Å². The molecule has 6 nitrogen and oxygen atoms in total. The molecule has 2 aliphatic rings. The molecule has 1 N–H and O–H groups in total. The van der Waals surface area contributed by atoms with Gasteiger partial charge in [-0.25, -0.2) is 0 Å². The smallest absolute Gasteiger partial charge is 0.416 e. The summed E-state index contributed by atoms with van der Waals surface area (Å²) in [7, 11) is 0. The van der Waals surface area contributed by atoms with E-state index in [1.165, 1.54) is 17.0 Å². The van der Waals surface area contributed by atoms with Crippen LogP contribution in [0.3, 0.4) is 0 Å². The van der Waals surface area contributed by atoms with Crippen molar-refractivity contribution in [2.75, 3.05) is 13.2 Å². The van der Waals surface area contributed by atoms with Gasteiger partial charge in [-0.1, -0.05) is 24.3 Å². The normalized spacial score (nSPS) is 22.4. The van der Waals surface area contributed by atoms with Crippen LogP contribution in [-0.4, -0.2) is 35.8 Å². The van der Waals surface area contributed by atoms with Crippen LogP contribution in [0, 0.1) is 11.3 Å². The van der Waals surface area contributed by atoms with E-state index < -0.39 is 34.9 Å². The minimum atomic E-state index is -4.49. The van der Waals surface area contributed by atoms with Crippen LogP contribution in [0.25, 0.3) is 0 Å². The number of likely N-dealkylation sites (tertiary alicyclic amines) is 1. The Labute approximate surface area is 190 Å². The summed E-state index contributed by atoms with van der Waals surface area (Å²) in [5.74, 6) is -2.37. The van der Waals surface area contributed by atoms with E-state index in [-0.39, 0.29) is 37.6 Å². The molecule has 1 aliphatic carbocycles. The average Bonchev–Trinajstić information content (AvgIpc) is 3.01. The molecule has 0 aromatic heterocycles. The summed E-state index contributed by atoms with van der Waals surface area (Å²) in [4.78, 5) is 40.6. The molecule has 1 aromatic rings. The number of esters is 1. The van der Waals surface area contributed by atoms with E-state index in [2.05, 4.69) is 11.9 Å². The number of halogens is 3. The van der Waals surface area contributed by atoms with Gasteiger partial charge in [-0.2, -0.15) is 13.2 Å². The Bertz CT molecular complexity index is 973. The summed E-state index contributed by atoms with van der Waals surface area (Å²) in [5.41, 5.74) is -1.23. The third-order valence-electron chi connectivity index (χ3n) is 6.10. The van der Waals surface area contributed by atoms with E-state index in [1.54, 1.807) is 13.0 Å². The van der Waals surface area contributed by atoms with Gasteiger partial charge in [0, 0.05) is 25.2 Å². The molecule has 9 heteroatoms. The summed E-state index contributed by atoms with van der Waals surface area (Å²) >= 11 is 0. The number of amides is 2. The number of nitrogens with zero attached hydrogens (tertiary/aromatic N) is 1. The van der Waals surface area contributed by atoms with Gasteiger partial charge in [0.2, 0.25) is 11.8 Å². The van der Waals surface area contributed by atoms with Gasteiger partial charge in [0.1, 0.15) is 5.41 Å². The van der Waals surface area contributed by atoms with Gasteiger partial charge in [-0.3, -0.25) is 14.4 Å². The molecule has 2 atom stereocenters. The van der Waals surface area contributed by atoms with Crippen molar-refractivity contribution in [2.24, 2.45) is 11.3 Å². The first-order chi connectivity index (χ1) is 15.6. The van der Waals surface area contributed by atoms with Crippen molar-refractivity contribution < 1.29 is 32.3 Å². The summed E-state index contributed by atoms with van der Waals surface area (Å²) in [6.07, 6.45) is 0.387. The lowest BCUT2D eigenvalue weighted by atomic mass is 9.68. The Morgan fingerprint density at radius 1 is 1.36 bits per heavy atom. The Kier molecular flexibility index (Phi) is 7.29. The van der Waals surface area contributed by atoms with Gasteiger partial charge < -0.3 is 15.0 Å². The molecule has 0 bridgehead atoms. The first-order valence-electron chi connectivity index (χ1n) is 10.9. The second kappa shape index (κ2) is 9.80. The molecular weight excluding hydrogens is 437 g/mol. The van der Waals surface area contributed by atoms with Crippen molar-refractivity contribution >= 4 is 17.8 Å². The van der Waals surface area contributed by atoms with Gasteiger partial charge in [-0.05, 0) is 43.9 Å². The predicted octanol–water partition coefficient (Wildman–Crippen LogP) is 3.97. The highest BCUT2D eigenvalue weighted by Crippen LogP contribution is 2.53. The highest BCUT2D eigenvalue weighted by Gasteiger charge is 2.61. The fraction of sp³-hybridized carbons (Fsp3) is 0.458. The highest BCUT2D eigenvalue weighted by molar-refractivity contribution is 5.99. The lowest BCUT2D eigenvalue weighted by molar-refractivity contribution is -0.158. The van der Waals surface area contributed by atoms with Crippen LogP contribution >= 0.6 is 0 Å². The van der Waals surface area contributed by atoms with Crippen LogP contribution in [0.15, 0.2) is 48.7 Å². The molecule has 33 heavy (non-hydrogen) atoms. The molecule has 1 fully saturated rings. The summed E-state index contributed by atoms with van der Waals surface area (Å²) in [6.45, 7) is 5.56. The number of carbonyl (C=O) groups excluding carboxylic acids is 3. The summed E-state index contributed by atoms with van der Waals surface area (Å²) in [6, 6.07) is 4.67. The van der Waals surface area contributed by atoms with Gasteiger partial charge in [-0.15, -0.1) is 6.58 Å². The predicted molar refractivity (Wildman–Crippen MR) is 114 cm³/mol. The largest absolute Gasteiger partial charge is 0.465 e. The van der Waals surface area contributed by atoms with Crippen molar-refractivity contribution in [1.82, 2.24) is 10.2 Å². The second-order valence-corrected chi connectivity index (χ2v) is 8.14. The number of hydrogen-bond acceptors (Lipinski definition) is 4. The molecule has 0 unspecified atom stereocenters. The molecule has 178 valence electrons. The van der Waals surface area contributed by atoms with Gasteiger partial charge in [0.15, 0.2) is 0 Å². The Morgan fingerprint density at radius 3 is 2.79 bits per heavy atom. The Morgan fingerprint density at radius 2 is 2.12 bits per heavy atom. The lowest BCUT2D eigenvalue weighted by Crippen LogP contribution is -2.43. The number of carbonyl (C=O) groups is 3. The van der Waals surface area contributed by atoms with Crippen molar-refractivity contribution in [3.8, 4) is 0 Å². The van der Waals surface area contributed by atoms with Crippen LogP contribution in [0.1, 0.15) is 43.7 Å². The van der Waals surface area contributed by atoms with E-state index in [4.69, 9.17) is 4.74 Å². The maximum atomic E-state index is 13.3. The van der Waals surface area contributed by atoms with Crippen LogP contribution in [0.2, 0.25) is 0 Å². The SMILES string of the molecule is C=CCN1C(=O)[C@H](CC(=O)NCc2cccc(C(F)(F)F)c2)[C@@]2(C(=O)OCC)CCCC=C12. The standard InChI is InChI=1S/C24H27F3N2O4/c1-3-12-29-19-10-5-6-11-23(19,22(32)33-4-2)18(21(29)31)14-20(30)28-15-16-8-7-9-17(13-16)24(25,26)27/h3,7-10,13,18H,1,4-6,11-12,14-15H2,2H3,(H,28,30)/t18-,23-/m0/s1. The first kappa shape index (κ1) is 24.5.